The molecule has 0 saturated heterocycles. The Balaban J connectivity index is 1.55. The SMILES string of the molecule is Cc1c(CNC(=O)C(C)OCc2ccccc2)oc2ccccc12. The molecule has 0 aliphatic rings. The van der Waals surface area contributed by atoms with Gasteiger partial charge in [-0.15, -0.1) is 0 Å². The molecule has 1 heterocycles. The summed E-state index contributed by atoms with van der Waals surface area (Å²) in [4.78, 5) is 12.2. The van der Waals surface area contributed by atoms with Crippen LogP contribution in [0, 0.1) is 6.92 Å². The van der Waals surface area contributed by atoms with Gasteiger partial charge in [-0.2, -0.15) is 0 Å². The number of para-hydroxylation sites is 1. The second-order valence-corrected chi connectivity index (χ2v) is 5.80. The summed E-state index contributed by atoms with van der Waals surface area (Å²) in [5.74, 6) is 0.630. The minimum absolute atomic E-state index is 0.147. The van der Waals surface area contributed by atoms with Crippen LogP contribution in [-0.4, -0.2) is 12.0 Å². The number of ether oxygens (including phenoxy) is 1. The molecule has 24 heavy (non-hydrogen) atoms. The van der Waals surface area contributed by atoms with Crippen molar-refractivity contribution in [2.75, 3.05) is 0 Å². The molecular formula is C20H21NO3. The summed E-state index contributed by atoms with van der Waals surface area (Å²) in [6.07, 6.45) is -0.519. The van der Waals surface area contributed by atoms with Crippen LogP contribution in [0.2, 0.25) is 0 Å². The Bertz CT molecular complexity index is 823. The molecule has 0 fully saturated rings. The minimum atomic E-state index is -0.519. The Morgan fingerprint density at radius 2 is 1.83 bits per heavy atom. The predicted molar refractivity (Wildman–Crippen MR) is 93.5 cm³/mol. The van der Waals surface area contributed by atoms with E-state index in [-0.39, 0.29) is 5.91 Å². The average Bonchev–Trinajstić information content (AvgIpc) is 2.95. The quantitative estimate of drug-likeness (QED) is 0.747. The lowest BCUT2D eigenvalue weighted by Crippen LogP contribution is -2.34. The number of benzene rings is 2. The number of amides is 1. The van der Waals surface area contributed by atoms with Crippen molar-refractivity contribution >= 4 is 16.9 Å². The Kier molecular flexibility index (Phi) is 4.96. The van der Waals surface area contributed by atoms with Gasteiger partial charge in [-0.3, -0.25) is 4.79 Å². The van der Waals surface area contributed by atoms with Crippen molar-refractivity contribution in [1.82, 2.24) is 5.32 Å². The molecule has 4 heteroatoms. The third kappa shape index (κ3) is 3.66. The zero-order chi connectivity index (χ0) is 16.9. The smallest absolute Gasteiger partial charge is 0.249 e. The molecule has 3 rings (SSSR count). The van der Waals surface area contributed by atoms with Crippen molar-refractivity contribution in [2.24, 2.45) is 0 Å². The van der Waals surface area contributed by atoms with E-state index in [1.165, 1.54) is 0 Å². The van der Waals surface area contributed by atoms with Gasteiger partial charge in [0.15, 0.2) is 0 Å². The van der Waals surface area contributed by atoms with E-state index in [2.05, 4.69) is 5.32 Å². The molecule has 0 radical (unpaired) electrons. The van der Waals surface area contributed by atoms with Gasteiger partial charge in [0, 0.05) is 10.9 Å². The highest BCUT2D eigenvalue weighted by molar-refractivity contribution is 5.83. The molecule has 1 unspecified atom stereocenters. The van der Waals surface area contributed by atoms with Gasteiger partial charge in [0.2, 0.25) is 5.91 Å². The summed E-state index contributed by atoms with van der Waals surface area (Å²) in [5, 5.41) is 3.96. The molecule has 0 bridgehead atoms. The first-order valence-electron chi connectivity index (χ1n) is 8.05. The van der Waals surface area contributed by atoms with Crippen LogP contribution in [0.3, 0.4) is 0 Å². The number of fused-ring (bicyclic) bond motifs is 1. The minimum Gasteiger partial charge on any atom is -0.459 e. The van der Waals surface area contributed by atoms with Crippen LogP contribution in [-0.2, 0) is 22.7 Å². The van der Waals surface area contributed by atoms with E-state index < -0.39 is 6.10 Å². The number of hydrogen-bond donors (Lipinski definition) is 1. The Morgan fingerprint density at radius 1 is 1.12 bits per heavy atom. The molecule has 0 aliphatic heterocycles. The first-order valence-corrected chi connectivity index (χ1v) is 8.05. The van der Waals surface area contributed by atoms with Crippen molar-refractivity contribution in [1.29, 1.82) is 0 Å². The molecule has 0 spiro atoms. The summed E-state index contributed by atoms with van der Waals surface area (Å²) < 4.78 is 11.4. The third-order valence-electron chi connectivity index (χ3n) is 4.08. The highest BCUT2D eigenvalue weighted by atomic mass is 16.5. The molecule has 4 nitrogen and oxygen atoms in total. The van der Waals surface area contributed by atoms with E-state index in [0.29, 0.717) is 13.2 Å². The number of carbonyl (C=O) groups excluding carboxylic acids is 1. The Hall–Kier alpha value is -2.59. The van der Waals surface area contributed by atoms with E-state index in [1.54, 1.807) is 6.92 Å². The van der Waals surface area contributed by atoms with Crippen LogP contribution in [0.15, 0.2) is 59.0 Å². The lowest BCUT2D eigenvalue weighted by atomic mass is 10.1. The van der Waals surface area contributed by atoms with Crippen LogP contribution >= 0.6 is 0 Å². The highest BCUT2D eigenvalue weighted by Gasteiger charge is 2.15. The normalized spacial score (nSPS) is 12.2. The van der Waals surface area contributed by atoms with Crippen molar-refractivity contribution in [3.05, 3.63) is 71.5 Å². The second-order valence-electron chi connectivity index (χ2n) is 5.80. The topological polar surface area (TPSA) is 51.5 Å². The third-order valence-corrected chi connectivity index (χ3v) is 4.08. The van der Waals surface area contributed by atoms with Gasteiger partial charge in [-0.05, 0) is 25.5 Å². The number of aryl methyl sites for hydroxylation is 1. The number of rotatable bonds is 6. The van der Waals surface area contributed by atoms with Gasteiger partial charge in [0.25, 0.3) is 0 Å². The molecule has 2 aromatic carbocycles. The molecule has 1 atom stereocenters. The molecular weight excluding hydrogens is 302 g/mol. The molecule has 1 aromatic heterocycles. The van der Waals surface area contributed by atoms with Gasteiger partial charge < -0.3 is 14.5 Å². The van der Waals surface area contributed by atoms with Gasteiger partial charge in [-0.1, -0.05) is 48.5 Å². The van der Waals surface area contributed by atoms with Crippen LogP contribution in [0.4, 0.5) is 0 Å². The van der Waals surface area contributed by atoms with Gasteiger partial charge in [-0.25, -0.2) is 0 Å². The summed E-state index contributed by atoms with van der Waals surface area (Å²) in [6.45, 7) is 4.53. The van der Waals surface area contributed by atoms with E-state index in [4.69, 9.17) is 9.15 Å². The van der Waals surface area contributed by atoms with Crippen molar-refractivity contribution in [2.45, 2.75) is 33.1 Å². The van der Waals surface area contributed by atoms with Crippen LogP contribution in [0.1, 0.15) is 23.8 Å². The van der Waals surface area contributed by atoms with Crippen molar-refractivity contribution in [3.8, 4) is 0 Å². The number of nitrogens with one attached hydrogen (secondary N) is 1. The van der Waals surface area contributed by atoms with Crippen molar-refractivity contribution < 1.29 is 13.9 Å². The lowest BCUT2D eigenvalue weighted by molar-refractivity contribution is -0.132. The van der Waals surface area contributed by atoms with E-state index in [0.717, 1.165) is 27.9 Å². The highest BCUT2D eigenvalue weighted by Crippen LogP contribution is 2.24. The predicted octanol–water partition coefficient (Wildman–Crippen LogP) is 3.96. The monoisotopic (exact) mass is 323 g/mol. The maximum atomic E-state index is 12.2. The van der Waals surface area contributed by atoms with E-state index in [9.17, 15) is 4.79 Å². The summed E-state index contributed by atoms with van der Waals surface area (Å²) in [7, 11) is 0. The molecule has 1 N–H and O–H groups in total. The fourth-order valence-corrected chi connectivity index (χ4v) is 2.58. The number of hydrogen-bond acceptors (Lipinski definition) is 3. The molecule has 1 amide bonds. The van der Waals surface area contributed by atoms with Crippen LogP contribution in [0.5, 0.6) is 0 Å². The Morgan fingerprint density at radius 3 is 2.58 bits per heavy atom. The Labute approximate surface area is 141 Å². The maximum absolute atomic E-state index is 12.2. The van der Waals surface area contributed by atoms with E-state index in [1.807, 2.05) is 61.5 Å². The van der Waals surface area contributed by atoms with Crippen molar-refractivity contribution in [3.63, 3.8) is 0 Å². The summed E-state index contributed by atoms with van der Waals surface area (Å²) in [5.41, 5.74) is 2.95. The van der Waals surface area contributed by atoms with Gasteiger partial charge >= 0.3 is 0 Å². The van der Waals surface area contributed by atoms with Crippen LogP contribution in [0.25, 0.3) is 11.0 Å². The first-order chi connectivity index (χ1) is 11.6. The zero-order valence-electron chi connectivity index (χ0n) is 13.9. The fraction of sp³-hybridized carbons (Fsp3) is 0.250. The molecule has 124 valence electrons. The largest absolute Gasteiger partial charge is 0.459 e. The number of carbonyl (C=O) groups is 1. The summed E-state index contributed by atoms with van der Waals surface area (Å²) >= 11 is 0. The first kappa shape index (κ1) is 16.3. The average molecular weight is 323 g/mol. The molecule has 0 aliphatic carbocycles. The molecule has 0 saturated carbocycles. The number of furan rings is 1. The van der Waals surface area contributed by atoms with E-state index >= 15 is 0 Å². The fourth-order valence-electron chi connectivity index (χ4n) is 2.58. The second kappa shape index (κ2) is 7.32. The molecule has 3 aromatic rings. The van der Waals surface area contributed by atoms with Gasteiger partial charge in [0.05, 0.1) is 13.2 Å². The van der Waals surface area contributed by atoms with Crippen LogP contribution < -0.4 is 5.32 Å². The van der Waals surface area contributed by atoms with Gasteiger partial charge in [0.1, 0.15) is 17.4 Å². The lowest BCUT2D eigenvalue weighted by Gasteiger charge is -2.13. The standard InChI is InChI=1S/C20H21NO3/c1-14-17-10-6-7-11-18(17)24-19(14)12-21-20(22)15(2)23-13-16-8-4-3-5-9-16/h3-11,15H,12-13H2,1-2H3,(H,21,22). The maximum Gasteiger partial charge on any atom is 0.249 e. The summed E-state index contributed by atoms with van der Waals surface area (Å²) in [6, 6.07) is 17.7. The zero-order valence-corrected chi connectivity index (χ0v) is 13.9.